The molecule has 1 N–H and O–H groups in total. The van der Waals surface area contributed by atoms with Gasteiger partial charge in [0.15, 0.2) is 0 Å². The summed E-state index contributed by atoms with van der Waals surface area (Å²) in [6, 6.07) is 3.81. The van der Waals surface area contributed by atoms with Gasteiger partial charge < -0.3 is 14.9 Å². The quantitative estimate of drug-likeness (QED) is 0.849. The number of hydrogen-bond donors (Lipinski definition) is 1. The van der Waals surface area contributed by atoms with Gasteiger partial charge in [-0.2, -0.15) is 10.2 Å². The monoisotopic (exact) mass is 346 g/mol. The Hall–Kier alpha value is -2.19. The van der Waals surface area contributed by atoms with Crippen molar-refractivity contribution in [2.75, 3.05) is 27.2 Å². The second-order valence-electron chi connectivity index (χ2n) is 6.86. The van der Waals surface area contributed by atoms with Crippen LogP contribution in [0.1, 0.15) is 29.6 Å². The SMILES string of the molecule is Cc1ccnn1CC(=O)N1CCCn2nc([C@@H](O)CN(C)C)cc2C1. The van der Waals surface area contributed by atoms with Crippen LogP contribution in [-0.2, 0) is 24.4 Å². The molecular formula is C17H26N6O2. The van der Waals surface area contributed by atoms with Crippen LogP contribution in [0.4, 0.5) is 0 Å². The molecule has 0 fully saturated rings. The Morgan fingerprint density at radius 3 is 2.88 bits per heavy atom. The molecule has 136 valence electrons. The highest BCUT2D eigenvalue weighted by molar-refractivity contribution is 5.76. The van der Waals surface area contributed by atoms with Crippen molar-refractivity contribution in [3.63, 3.8) is 0 Å². The number of aliphatic hydroxyl groups excluding tert-OH is 1. The van der Waals surface area contributed by atoms with E-state index in [1.54, 1.807) is 10.9 Å². The number of amides is 1. The van der Waals surface area contributed by atoms with Crippen molar-refractivity contribution in [2.24, 2.45) is 0 Å². The summed E-state index contributed by atoms with van der Waals surface area (Å²) in [4.78, 5) is 16.4. The average molecular weight is 346 g/mol. The van der Waals surface area contributed by atoms with Crippen LogP contribution in [0, 0.1) is 6.92 Å². The van der Waals surface area contributed by atoms with E-state index in [1.807, 2.05) is 47.6 Å². The van der Waals surface area contributed by atoms with Crippen molar-refractivity contribution in [2.45, 2.75) is 39.1 Å². The maximum Gasteiger partial charge on any atom is 0.244 e. The van der Waals surface area contributed by atoms with E-state index in [2.05, 4.69) is 10.2 Å². The predicted molar refractivity (Wildman–Crippen MR) is 92.7 cm³/mol. The van der Waals surface area contributed by atoms with E-state index in [9.17, 15) is 9.90 Å². The van der Waals surface area contributed by atoms with E-state index in [0.717, 1.165) is 24.4 Å². The van der Waals surface area contributed by atoms with Gasteiger partial charge in [-0.3, -0.25) is 14.2 Å². The third-order valence-electron chi connectivity index (χ3n) is 4.48. The molecule has 0 spiro atoms. The van der Waals surface area contributed by atoms with Gasteiger partial charge in [-0.1, -0.05) is 0 Å². The van der Waals surface area contributed by atoms with E-state index in [-0.39, 0.29) is 12.5 Å². The summed E-state index contributed by atoms with van der Waals surface area (Å²) in [5.74, 6) is 0.0526. The Labute approximate surface area is 147 Å². The highest BCUT2D eigenvalue weighted by Gasteiger charge is 2.23. The largest absolute Gasteiger partial charge is 0.385 e. The van der Waals surface area contributed by atoms with Crippen LogP contribution in [0.3, 0.4) is 0 Å². The van der Waals surface area contributed by atoms with Gasteiger partial charge in [0.1, 0.15) is 12.6 Å². The smallest absolute Gasteiger partial charge is 0.244 e. The fourth-order valence-corrected chi connectivity index (χ4v) is 3.09. The molecule has 1 aliphatic heterocycles. The number of rotatable bonds is 5. The zero-order valence-corrected chi connectivity index (χ0v) is 15.1. The zero-order chi connectivity index (χ0) is 18.0. The minimum atomic E-state index is -0.620. The van der Waals surface area contributed by atoms with Gasteiger partial charge in [0.25, 0.3) is 0 Å². The summed E-state index contributed by atoms with van der Waals surface area (Å²) in [5, 5.41) is 19.0. The number of aromatic nitrogens is 4. The summed E-state index contributed by atoms with van der Waals surface area (Å²) in [5.41, 5.74) is 2.61. The summed E-state index contributed by atoms with van der Waals surface area (Å²) in [6.45, 7) is 4.70. The molecule has 0 bridgehead atoms. The fraction of sp³-hybridized carbons (Fsp3) is 0.588. The van der Waals surface area contributed by atoms with E-state index < -0.39 is 6.10 Å². The van der Waals surface area contributed by atoms with E-state index in [1.165, 1.54) is 0 Å². The zero-order valence-electron chi connectivity index (χ0n) is 15.1. The topological polar surface area (TPSA) is 79.4 Å². The summed E-state index contributed by atoms with van der Waals surface area (Å²) in [7, 11) is 3.84. The Bertz CT molecular complexity index is 735. The molecule has 0 unspecified atom stereocenters. The molecule has 1 aliphatic rings. The molecule has 25 heavy (non-hydrogen) atoms. The molecule has 3 heterocycles. The van der Waals surface area contributed by atoms with Gasteiger partial charge in [0, 0.05) is 31.5 Å². The minimum absolute atomic E-state index is 0.0526. The molecule has 3 rings (SSSR count). The third kappa shape index (κ3) is 4.08. The van der Waals surface area contributed by atoms with Crippen LogP contribution in [0.2, 0.25) is 0 Å². The number of likely N-dealkylation sites (N-methyl/N-ethyl adjacent to an activating group) is 1. The number of nitrogens with zero attached hydrogens (tertiary/aromatic N) is 6. The molecule has 2 aromatic heterocycles. The Balaban J connectivity index is 1.71. The second-order valence-corrected chi connectivity index (χ2v) is 6.86. The Morgan fingerprint density at radius 2 is 2.20 bits per heavy atom. The highest BCUT2D eigenvalue weighted by Crippen LogP contribution is 2.19. The Morgan fingerprint density at radius 1 is 1.40 bits per heavy atom. The number of carbonyl (C=O) groups is 1. The van der Waals surface area contributed by atoms with Crippen LogP contribution < -0.4 is 0 Å². The van der Waals surface area contributed by atoms with E-state index >= 15 is 0 Å². The van der Waals surface area contributed by atoms with Crippen LogP contribution in [0.25, 0.3) is 0 Å². The number of aryl methyl sites for hydroxylation is 2. The lowest BCUT2D eigenvalue weighted by Gasteiger charge is -2.20. The third-order valence-corrected chi connectivity index (χ3v) is 4.48. The molecule has 2 aromatic rings. The van der Waals surface area contributed by atoms with Crippen molar-refractivity contribution < 1.29 is 9.90 Å². The number of carbonyl (C=O) groups excluding carboxylic acids is 1. The maximum absolute atomic E-state index is 12.6. The van der Waals surface area contributed by atoms with Gasteiger partial charge in [-0.05, 0) is 39.6 Å². The van der Waals surface area contributed by atoms with Crippen LogP contribution in [-0.4, -0.2) is 67.6 Å². The van der Waals surface area contributed by atoms with Gasteiger partial charge in [0.2, 0.25) is 5.91 Å². The molecule has 1 atom stereocenters. The first-order chi connectivity index (χ1) is 11.9. The Kier molecular flexibility index (Phi) is 5.19. The lowest BCUT2D eigenvalue weighted by Crippen LogP contribution is -2.34. The van der Waals surface area contributed by atoms with Crippen molar-refractivity contribution in [1.82, 2.24) is 29.4 Å². The van der Waals surface area contributed by atoms with E-state index in [0.29, 0.717) is 25.3 Å². The molecule has 0 radical (unpaired) electrons. The van der Waals surface area contributed by atoms with Crippen molar-refractivity contribution in [3.05, 3.63) is 35.4 Å². The lowest BCUT2D eigenvalue weighted by molar-refractivity contribution is -0.132. The second kappa shape index (κ2) is 7.37. The maximum atomic E-state index is 12.6. The van der Waals surface area contributed by atoms with E-state index in [4.69, 9.17) is 0 Å². The average Bonchev–Trinajstić information content (AvgIpc) is 3.07. The summed E-state index contributed by atoms with van der Waals surface area (Å²) in [6.07, 6.45) is 1.94. The number of hydrogen-bond acceptors (Lipinski definition) is 5. The standard InChI is InChI=1S/C17H26N6O2/c1-13-5-6-18-23(13)12-17(25)21-7-4-8-22-14(10-21)9-15(19-22)16(24)11-20(2)3/h5-6,9,16,24H,4,7-8,10-12H2,1-3H3/t16-/m0/s1. The fourth-order valence-electron chi connectivity index (χ4n) is 3.09. The van der Waals surface area contributed by atoms with Crippen LogP contribution in [0.5, 0.6) is 0 Å². The van der Waals surface area contributed by atoms with Crippen molar-refractivity contribution in [1.29, 1.82) is 0 Å². The molecule has 8 nitrogen and oxygen atoms in total. The first-order valence-electron chi connectivity index (χ1n) is 8.59. The van der Waals surface area contributed by atoms with Gasteiger partial charge in [-0.25, -0.2) is 0 Å². The predicted octanol–water partition coefficient (Wildman–Crippen LogP) is 0.416. The summed E-state index contributed by atoms with van der Waals surface area (Å²) < 4.78 is 3.64. The number of aliphatic hydroxyl groups is 1. The molecule has 0 aliphatic carbocycles. The van der Waals surface area contributed by atoms with Gasteiger partial charge >= 0.3 is 0 Å². The van der Waals surface area contributed by atoms with Gasteiger partial charge in [-0.15, -0.1) is 0 Å². The van der Waals surface area contributed by atoms with Crippen molar-refractivity contribution in [3.8, 4) is 0 Å². The first-order valence-corrected chi connectivity index (χ1v) is 8.59. The normalized spacial score (nSPS) is 16.0. The van der Waals surface area contributed by atoms with Crippen molar-refractivity contribution >= 4 is 5.91 Å². The minimum Gasteiger partial charge on any atom is -0.385 e. The molecule has 1 amide bonds. The lowest BCUT2D eigenvalue weighted by atomic mass is 10.2. The van der Waals surface area contributed by atoms with Gasteiger partial charge in [0.05, 0.1) is 17.9 Å². The molecule has 8 heteroatoms. The first kappa shape index (κ1) is 17.6. The van der Waals surface area contributed by atoms with Crippen LogP contribution in [0.15, 0.2) is 18.3 Å². The molecular weight excluding hydrogens is 320 g/mol. The molecule has 0 saturated heterocycles. The highest BCUT2D eigenvalue weighted by atomic mass is 16.3. The van der Waals surface area contributed by atoms with Crippen LogP contribution >= 0.6 is 0 Å². The number of fused-ring (bicyclic) bond motifs is 1. The molecule has 0 aromatic carbocycles. The molecule has 0 saturated carbocycles. The summed E-state index contributed by atoms with van der Waals surface area (Å²) >= 11 is 0.